The van der Waals surface area contributed by atoms with Crippen LogP contribution in [0.2, 0.25) is 5.02 Å². The summed E-state index contributed by atoms with van der Waals surface area (Å²) in [4.78, 5) is 19.6. The van der Waals surface area contributed by atoms with E-state index in [9.17, 15) is 18.0 Å². The normalized spacial score (nSPS) is 15.0. The Hall–Kier alpha value is -2.39. The third-order valence-corrected chi connectivity index (χ3v) is 5.86. The van der Waals surface area contributed by atoms with Crippen molar-refractivity contribution < 1.29 is 22.7 Å². The van der Waals surface area contributed by atoms with Crippen molar-refractivity contribution in [1.29, 1.82) is 0 Å². The van der Waals surface area contributed by atoms with Gasteiger partial charge in [0.15, 0.2) is 11.4 Å². The molecule has 1 heterocycles. The Morgan fingerprint density at radius 2 is 1.97 bits per heavy atom. The second kappa shape index (κ2) is 10.8. The maximum absolute atomic E-state index is 13.6. The van der Waals surface area contributed by atoms with Crippen LogP contribution in [0.25, 0.3) is 0 Å². The number of rotatable bonds is 7. The number of benzene rings is 1. The molecule has 1 aromatic heterocycles. The van der Waals surface area contributed by atoms with Gasteiger partial charge in [0.05, 0.1) is 6.20 Å². The molecular weight excluding hydrogens is 451 g/mol. The quantitative estimate of drug-likeness (QED) is 0.528. The highest BCUT2D eigenvalue weighted by atomic mass is 35.5. The fourth-order valence-electron chi connectivity index (χ4n) is 2.47. The number of aromatic nitrogens is 2. The lowest BCUT2D eigenvalue weighted by molar-refractivity contribution is -0.143. The van der Waals surface area contributed by atoms with Gasteiger partial charge in [-0.25, -0.2) is 9.97 Å². The van der Waals surface area contributed by atoms with Crippen molar-refractivity contribution in [2.45, 2.75) is 39.1 Å². The maximum atomic E-state index is 13.6. The van der Waals surface area contributed by atoms with E-state index in [1.165, 1.54) is 0 Å². The molecule has 31 heavy (non-hydrogen) atoms. The van der Waals surface area contributed by atoms with Gasteiger partial charge < -0.3 is 10.1 Å². The third kappa shape index (κ3) is 7.07. The summed E-state index contributed by atoms with van der Waals surface area (Å²) in [5.74, 6) is -1.99. The summed E-state index contributed by atoms with van der Waals surface area (Å²) in [6, 6.07) is 6.26. The smallest absolute Gasteiger partial charge is 0.437 e. The highest BCUT2D eigenvalue weighted by Crippen LogP contribution is 2.36. The second-order valence-corrected chi connectivity index (χ2v) is 8.99. The number of halogens is 4. The fourth-order valence-corrected chi connectivity index (χ4v) is 3.40. The first-order valence-corrected chi connectivity index (χ1v) is 11.4. The molecule has 3 atom stereocenters. The Balaban J connectivity index is 2.26. The van der Waals surface area contributed by atoms with Gasteiger partial charge >= 0.3 is 6.18 Å². The summed E-state index contributed by atoms with van der Waals surface area (Å²) in [6.45, 7) is 5.18. The van der Waals surface area contributed by atoms with Gasteiger partial charge in [0, 0.05) is 16.6 Å². The first-order valence-electron chi connectivity index (χ1n) is 9.30. The molecule has 168 valence electrons. The molecule has 10 heteroatoms. The van der Waals surface area contributed by atoms with Crippen LogP contribution in [0.4, 0.5) is 13.2 Å². The molecule has 0 aliphatic rings. The van der Waals surface area contributed by atoms with E-state index < -0.39 is 41.5 Å². The van der Waals surface area contributed by atoms with E-state index in [2.05, 4.69) is 15.3 Å². The zero-order chi connectivity index (χ0) is 23.2. The Labute approximate surface area is 186 Å². The standard InChI is InChI=1S/C21H23ClF3N3O2S/c1-5-31(4)11-10-13(2)27-20(29)19-26-12-17(18(28-19)21(23,24)25)30-14(3)15-8-6-7-9-16(15)22/h5-14H,1-4H3,(H,27,29)/b11-10+/t13-,14-,31?/m1/s1. The van der Waals surface area contributed by atoms with E-state index in [0.29, 0.717) is 10.6 Å². The largest absolute Gasteiger partial charge is 0.482 e. The Kier molecular flexibility index (Phi) is 8.64. The molecule has 0 aliphatic heterocycles. The van der Waals surface area contributed by atoms with Crippen LogP contribution < -0.4 is 10.1 Å². The number of nitrogens with one attached hydrogen (secondary N) is 1. The number of nitrogens with zero attached hydrogens (tertiary/aromatic N) is 2. The predicted molar refractivity (Wildman–Crippen MR) is 119 cm³/mol. The van der Waals surface area contributed by atoms with Crippen LogP contribution in [0, 0.1) is 0 Å². The Morgan fingerprint density at radius 3 is 2.58 bits per heavy atom. The average molecular weight is 474 g/mol. The Morgan fingerprint density at radius 1 is 1.29 bits per heavy atom. The Bertz CT molecular complexity index is 996. The highest BCUT2D eigenvalue weighted by Gasteiger charge is 2.38. The lowest BCUT2D eigenvalue weighted by atomic mass is 10.1. The summed E-state index contributed by atoms with van der Waals surface area (Å²) in [5, 5.41) is 6.82. The molecule has 0 saturated carbocycles. The third-order valence-electron chi connectivity index (χ3n) is 4.19. The molecule has 1 unspecified atom stereocenters. The summed E-state index contributed by atoms with van der Waals surface area (Å²) in [6.07, 6.45) is -1.03. The number of carbonyl (C=O) groups is 1. The van der Waals surface area contributed by atoms with Gasteiger partial charge in [0.1, 0.15) is 6.10 Å². The number of hydrogen-bond acceptors (Lipinski definition) is 4. The van der Waals surface area contributed by atoms with Crippen LogP contribution in [0.3, 0.4) is 0 Å². The minimum absolute atomic E-state index is 0.0617. The van der Waals surface area contributed by atoms with E-state index in [4.69, 9.17) is 16.3 Å². The van der Waals surface area contributed by atoms with Crippen LogP contribution in [-0.4, -0.2) is 33.5 Å². The number of ether oxygens (including phenoxy) is 1. The van der Waals surface area contributed by atoms with Crippen LogP contribution >= 0.6 is 22.1 Å². The van der Waals surface area contributed by atoms with Gasteiger partial charge in [-0.3, -0.25) is 4.79 Å². The van der Waals surface area contributed by atoms with Gasteiger partial charge in [-0.2, -0.15) is 23.7 Å². The second-order valence-electron chi connectivity index (χ2n) is 6.62. The first kappa shape index (κ1) is 24.9. The van der Waals surface area contributed by atoms with Gasteiger partial charge in [0.25, 0.3) is 5.91 Å². The fraction of sp³-hybridized carbons (Fsp3) is 0.333. The van der Waals surface area contributed by atoms with E-state index in [1.807, 2.05) is 24.0 Å². The van der Waals surface area contributed by atoms with Crippen LogP contribution in [0.5, 0.6) is 5.75 Å². The van der Waals surface area contributed by atoms with Crippen molar-refractivity contribution >= 4 is 33.4 Å². The van der Waals surface area contributed by atoms with Crippen LogP contribution in [0.1, 0.15) is 48.8 Å². The zero-order valence-electron chi connectivity index (χ0n) is 17.4. The molecule has 1 N–H and O–H groups in total. The maximum Gasteiger partial charge on any atom is 0.437 e. The molecule has 5 nitrogen and oxygen atoms in total. The van der Waals surface area contributed by atoms with Crippen molar-refractivity contribution in [2.75, 3.05) is 6.26 Å². The molecule has 1 aromatic carbocycles. The average Bonchev–Trinajstić information content (AvgIpc) is 2.71. The highest BCUT2D eigenvalue weighted by molar-refractivity contribution is 8.16. The monoisotopic (exact) mass is 473 g/mol. The summed E-state index contributed by atoms with van der Waals surface area (Å²) in [5.41, 5.74) is -0.815. The number of hydrogen-bond donors (Lipinski definition) is 1. The topological polar surface area (TPSA) is 64.1 Å². The van der Waals surface area contributed by atoms with Gasteiger partial charge in [0.2, 0.25) is 5.82 Å². The van der Waals surface area contributed by atoms with Crippen molar-refractivity contribution in [3.05, 3.63) is 64.1 Å². The molecule has 0 aliphatic carbocycles. The summed E-state index contributed by atoms with van der Waals surface area (Å²) in [7, 11) is -0.0617. The van der Waals surface area contributed by atoms with Gasteiger partial charge in [-0.05, 0) is 38.5 Å². The summed E-state index contributed by atoms with van der Waals surface area (Å²) < 4.78 is 46.2. The number of alkyl halides is 3. The molecule has 2 rings (SSSR count). The van der Waals surface area contributed by atoms with Crippen LogP contribution in [0.15, 0.2) is 41.9 Å². The first-order chi connectivity index (χ1) is 14.5. The predicted octanol–water partition coefficient (Wildman–Crippen LogP) is 5.64. The minimum Gasteiger partial charge on any atom is -0.482 e. The molecule has 0 bridgehead atoms. The van der Waals surface area contributed by atoms with Crippen molar-refractivity contribution in [1.82, 2.24) is 15.3 Å². The summed E-state index contributed by atoms with van der Waals surface area (Å²) >= 11 is 6.09. The van der Waals surface area contributed by atoms with E-state index >= 15 is 0 Å². The zero-order valence-corrected chi connectivity index (χ0v) is 19.0. The molecule has 0 saturated heterocycles. The van der Waals surface area contributed by atoms with Gasteiger partial charge in [-0.1, -0.05) is 41.2 Å². The SMILES string of the molecule is C/C=S(C)\C=C\[C@@H](C)NC(=O)c1ncc(O[C@H](C)c2ccccc2Cl)c(C(F)(F)F)n1. The molecule has 0 fully saturated rings. The lowest BCUT2D eigenvalue weighted by Gasteiger charge is -2.19. The molecular formula is C21H23ClF3N3O2S. The van der Waals surface area contributed by atoms with E-state index in [-0.39, 0.29) is 10.5 Å². The number of carbonyl (C=O) groups excluding carboxylic acids is 1. The van der Waals surface area contributed by atoms with Crippen molar-refractivity contribution in [2.24, 2.45) is 0 Å². The van der Waals surface area contributed by atoms with Crippen LogP contribution in [-0.2, 0) is 6.18 Å². The lowest BCUT2D eigenvalue weighted by Crippen LogP contribution is -2.33. The number of amides is 1. The molecule has 1 amide bonds. The van der Waals surface area contributed by atoms with Crippen molar-refractivity contribution in [3.63, 3.8) is 0 Å². The molecule has 2 aromatic rings. The van der Waals surface area contributed by atoms with Crippen molar-refractivity contribution in [3.8, 4) is 5.75 Å². The molecule has 0 spiro atoms. The van der Waals surface area contributed by atoms with E-state index in [0.717, 1.165) is 6.20 Å². The van der Waals surface area contributed by atoms with Gasteiger partial charge in [-0.15, -0.1) is 0 Å². The molecule has 0 radical (unpaired) electrons. The minimum atomic E-state index is -4.84. The van der Waals surface area contributed by atoms with E-state index in [1.54, 1.807) is 44.2 Å².